The summed E-state index contributed by atoms with van der Waals surface area (Å²) in [4.78, 5) is 38.3. The third kappa shape index (κ3) is 4.00. The number of aromatic nitrogens is 2. The van der Waals surface area contributed by atoms with Gasteiger partial charge in [0.25, 0.3) is 5.91 Å². The van der Waals surface area contributed by atoms with Crippen molar-refractivity contribution in [1.29, 1.82) is 0 Å². The zero-order valence-electron chi connectivity index (χ0n) is 18.9. The van der Waals surface area contributed by atoms with Gasteiger partial charge >= 0.3 is 0 Å². The second-order valence-corrected chi connectivity index (χ2v) is 8.98. The third-order valence-electron chi connectivity index (χ3n) is 7.05. The van der Waals surface area contributed by atoms with Gasteiger partial charge in [-0.05, 0) is 54.8 Å². The van der Waals surface area contributed by atoms with Crippen LogP contribution in [0, 0.1) is 5.82 Å². The smallest absolute Gasteiger partial charge is 0.254 e. The van der Waals surface area contributed by atoms with Crippen LogP contribution in [0.2, 0.25) is 0 Å². The zero-order valence-corrected chi connectivity index (χ0v) is 18.9. The van der Waals surface area contributed by atoms with E-state index >= 15 is 0 Å². The average molecular weight is 460 g/mol. The number of nitrogens with one attached hydrogen (secondary N) is 1. The quantitative estimate of drug-likeness (QED) is 0.639. The van der Waals surface area contributed by atoms with Crippen LogP contribution in [-0.2, 0) is 4.79 Å². The first-order valence-electron chi connectivity index (χ1n) is 11.4. The van der Waals surface area contributed by atoms with E-state index in [1.807, 2.05) is 29.0 Å². The molecule has 2 atom stereocenters. The number of likely N-dealkylation sites (N-methyl/N-ethyl adjacent to an activating group) is 1. The van der Waals surface area contributed by atoms with Crippen LogP contribution in [0.4, 0.5) is 16.0 Å². The van der Waals surface area contributed by atoms with Crippen molar-refractivity contribution in [1.82, 2.24) is 19.8 Å². The van der Waals surface area contributed by atoms with Crippen LogP contribution in [0.5, 0.6) is 0 Å². The molecule has 34 heavy (non-hydrogen) atoms. The molecule has 2 amide bonds. The molecule has 174 valence electrons. The topological polar surface area (TPSA) is 78.4 Å². The second kappa shape index (κ2) is 8.85. The molecule has 0 bridgehead atoms. The number of carbonyl (C=O) groups excluding carboxylic acids is 2. The van der Waals surface area contributed by atoms with Gasteiger partial charge in [0.15, 0.2) is 0 Å². The highest BCUT2D eigenvalue weighted by Gasteiger charge is 2.53. The van der Waals surface area contributed by atoms with Gasteiger partial charge in [-0.3, -0.25) is 9.59 Å². The first-order valence-corrected chi connectivity index (χ1v) is 11.4. The average Bonchev–Trinajstić information content (AvgIpc) is 3.23. The lowest BCUT2D eigenvalue weighted by Crippen LogP contribution is -2.57. The van der Waals surface area contributed by atoms with E-state index in [2.05, 4.69) is 15.3 Å². The number of piperidine rings is 1. The fraction of sp³-hybridized carbons (Fsp3) is 0.308. The van der Waals surface area contributed by atoms with Gasteiger partial charge in [0.2, 0.25) is 11.9 Å². The summed E-state index contributed by atoms with van der Waals surface area (Å²) in [5, 5.41) is 3.12. The highest BCUT2D eigenvalue weighted by molar-refractivity contribution is 5.96. The van der Waals surface area contributed by atoms with Gasteiger partial charge in [-0.2, -0.15) is 0 Å². The molecule has 2 aromatic carbocycles. The van der Waals surface area contributed by atoms with Crippen molar-refractivity contribution in [3.63, 3.8) is 0 Å². The lowest BCUT2D eigenvalue weighted by molar-refractivity contribution is -0.139. The lowest BCUT2D eigenvalue weighted by Gasteiger charge is -2.46. The van der Waals surface area contributed by atoms with Gasteiger partial charge in [-0.15, -0.1) is 0 Å². The van der Waals surface area contributed by atoms with Gasteiger partial charge in [-0.25, -0.2) is 14.4 Å². The summed E-state index contributed by atoms with van der Waals surface area (Å²) in [5.74, 6) is 0.0366. The summed E-state index contributed by atoms with van der Waals surface area (Å²) < 4.78 is 13.6. The van der Waals surface area contributed by atoms with Crippen molar-refractivity contribution in [2.75, 3.05) is 25.5 Å². The minimum Gasteiger partial charge on any atom is -0.338 e. The molecule has 0 radical (unpaired) electrons. The van der Waals surface area contributed by atoms with Crippen LogP contribution in [0.1, 0.15) is 41.1 Å². The molecule has 2 fully saturated rings. The number of rotatable bonds is 4. The van der Waals surface area contributed by atoms with E-state index in [4.69, 9.17) is 0 Å². The highest BCUT2D eigenvalue weighted by atomic mass is 19.1. The summed E-state index contributed by atoms with van der Waals surface area (Å²) in [6, 6.07) is 15.4. The Bertz CT molecular complexity index is 1200. The molecule has 1 aromatic heterocycles. The Hall–Kier alpha value is -3.81. The first-order chi connectivity index (χ1) is 16.5. The van der Waals surface area contributed by atoms with Crippen molar-refractivity contribution in [3.8, 4) is 0 Å². The van der Waals surface area contributed by atoms with Crippen molar-refractivity contribution >= 4 is 23.5 Å². The van der Waals surface area contributed by atoms with E-state index in [0.29, 0.717) is 36.7 Å². The highest BCUT2D eigenvalue weighted by Crippen LogP contribution is 2.46. The number of anilines is 2. The van der Waals surface area contributed by atoms with Gasteiger partial charge < -0.3 is 15.1 Å². The monoisotopic (exact) mass is 459 g/mol. The summed E-state index contributed by atoms with van der Waals surface area (Å²) in [6.45, 7) is 0.900. The molecule has 1 spiro atoms. The second-order valence-electron chi connectivity index (χ2n) is 8.98. The molecule has 3 heterocycles. The van der Waals surface area contributed by atoms with Crippen LogP contribution in [0.25, 0.3) is 0 Å². The van der Waals surface area contributed by atoms with Crippen molar-refractivity contribution < 1.29 is 14.0 Å². The normalized spacial score (nSPS) is 22.3. The predicted molar refractivity (Wildman–Crippen MR) is 126 cm³/mol. The maximum atomic E-state index is 13.6. The van der Waals surface area contributed by atoms with Gasteiger partial charge in [0.1, 0.15) is 5.82 Å². The van der Waals surface area contributed by atoms with Crippen molar-refractivity contribution in [2.45, 2.75) is 30.7 Å². The van der Waals surface area contributed by atoms with Crippen LogP contribution < -0.4 is 5.32 Å². The van der Waals surface area contributed by atoms with Crippen molar-refractivity contribution in [2.24, 2.45) is 0 Å². The lowest BCUT2D eigenvalue weighted by atomic mass is 9.75. The Balaban J connectivity index is 1.44. The molecule has 3 aromatic rings. The van der Waals surface area contributed by atoms with E-state index in [-0.39, 0.29) is 23.5 Å². The van der Waals surface area contributed by atoms with E-state index in [0.717, 1.165) is 18.4 Å². The third-order valence-corrected chi connectivity index (χ3v) is 7.05. The van der Waals surface area contributed by atoms with Gasteiger partial charge in [0.05, 0.1) is 5.54 Å². The maximum Gasteiger partial charge on any atom is 0.254 e. The zero-order chi connectivity index (χ0) is 23.7. The molecule has 5 rings (SSSR count). The molecule has 7 nitrogen and oxygen atoms in total. The van der Waals surface area contributed by atoms with E-state index in [1.165, 1.54) is 12.1 Å². The van der Waals surface area contributed by atoms with E-state index in [1.54, 1.807) is 42.7 Å². The largest absolute Gasteiger partial charge is 0.338 e. The Morgan fingerprint density at radius 3 is 2.65 bits per heavy atom. The molecule has 0 aliphatic carbocycles. The SMILES string of the molecule is CN1C(=O)CCC[C@]12CN(C(=O)c1cccc(Nc3ncccn3)c1)C[C@H]2c1ccc(F)cc1. The number of hydrogen-bond acceptors (Lipinski definition) is 5. The minimum atomic E-state index is -0.503. The molecule has 0 unspecified atom stereocenters. The minimum absolute atomic E-state index is 0.0849. The predicted octanol–water partition coefficient (Wildman–Crippen LogP) is 3.98. The van der Waals surface area contributed by atoms with Crippen LogP contribution in [-0.4, -0.2) is 57.3 Å². The molecular weight excluding hydrogens is 433 g/mol. The molecular formula is C26H26FN5O2. The standard InChI is InChI=1S/C26H26FN5O2/c1-31-23(33)7-3-12-26(31)17-32(16-22(26)18-8-10-20(27)11-9-18)24(34)19-5-2-6-21(15-19)30-25-28-13-4-14-29-25/h2,4-6,8-11,13-15,22H,3,7,12,16-17H2,1H3,(H,28,29,30)/t22-,26+/m0/s1. The molecule has 2 saturated heterocycles. The Morgan fingerprint density at radius 1 is 1.12 bits per heavy atom. The fourth-order valence-corrected chi connectivity index (χ4v) is 5.29. The van der Waals surface area contributed by atoms with E-state index < -0.39 is 5.54 Å². The number of halogens is 1. The van der Waals surface area contributed by atoms with Gasteiger partial charge in [0, 0.05) is 56.1 Å². The molecule has 0 saturated carbocycles. The summed E-state index contributed by atoms with van der Waals surface area (Å²) in [6.07, 6.45) is 5.38. The van der Waals surface area contributed by atoms with E-state index in [9.17, 15) is 14.0 Å². The van der Waals surface area contributed by atoms with Crippen LogP contribution >= 0.6 is 0 Å². The summed E-state index contributed by atoms with van der Waals surface area (Å²) in [7, 11) is 1.83. The Labute approximate surface area is 197 Å². The molecule has 1 N–H and O–H groups in total. The molecule has 8 heteroatoms. The van der Waals surface area contributed by atoms with Crippen LogP contribution in [0.15, 0.2) is 67.0 Å². The fourth-order valence-electron chi connectivity index (χ4n) is 5.29. The molecule has 2 aliphatic heterocycles. The number of likely N-dealkylation sites (tertiary alicyclic amines) is 2. The number of amides is 2. The first kappa shape index (κ1) is 22.0. The Morgan fingerprint density at radius 2 is 1.88 bits per heavy atom. The summed E-state index contributed by atoms with van der Waals surface area (Å²) >= 11 is 0. The number of hydrogen-bond donors (Lipinski definition) is 1. The number of nitrogens with zero attached hydrogens (tertiary/aromatic N) is 4. The van der Waals surface area contributed by atoms with Crippen molar-refractivity contribution in [3.05, 3.63) is 83.9 Å². The van der Waals surface area contributed by atoms with Crippen LogP contribution in [0.3, 0.4) is 0 Å². The number of carbonyl (C=O) groups is 2. The number of benzene rings is 2. The maximum absolute atomic E-state index is 13.6. The molecule has 2 aliphatic rings. The Kier molecular flexibility index (Phi) is 5.73. The van der Waals surface area contributed by atoms with Gasteiger partial charge in [-0.1, -0.05) is 18.2 Å². The summed E-state index contributed by atoms with van der Waals surface area (Å²) in [5.41, 5.74) is 1.69.